The van der Waals surface area contributed by atoms with Crippen molar-refractivity contribution in [3.8, 4) is 11.5 Å². The molecule has 0 aliphatic rings. The van der Waals surface area contributed by atoms with Crippen molar-refractivity contribution in [3.63, 3.8) is 0 Å². The average Bonchev–Trinajstić information content (AvgIpc) is 2.95. The minimum atomic E-state index is -1.01. The van der Waals surface area contributed by atoms with Crippen LogP contribution in [0.25, 0.3) is 11.0 Å². The Morgan fingerprint density at radius 2 is 1.46 bits per heavy atom. The molecular weight excluding hydrogens is 540 g/mol. The molecule has 3 aromatic rings. The summed E-state index contributed by atoms with van der Waals surface area (Å²) in [7, 11) is 0. The molecule has 1 heterocycles. The Hall–Kier alpha value is -5.27. The summed E-state index contributed by atoms with van der Waals surface area (Å²) in [4.78, 5) is 44.8. The molecule has 0 atom stereocenters. The number of ether oxygens (including phenoxy) is 4. The molecule has 0 unspecified atom stereocenters. The molecule has 0 saturated heterocycles. The Balaban J connectivity index is 1.87. The van der Waals surface area contributed by atoms with Gasteiger partial charge in [-0.3, -0.25) is 10.8 Å². The molecule has 0 amide bonds. The van der Waals surface area contributed by atoms with Gasteiger partial charge in [0.15, 0.2) is 11.7 Å². The van der Waals surface area contributed by atoms with Crippen molar-refractivity contribution in [1.29, 1.82) is 10.8 Å². The summed E-state index contributed by atoms with van der Waals surface area (Å²) in [6.07, 6.45) is -1.70. The van der Waals surface area contributed by atoms with Crippen LogP contribution in [0.4, 0.5) is 9.59 Å². The van der Waals surface area contributed by atoms with Gasteiger partial charge in [0.2, 0.25) is 0 Å². The van der Waals surface area contributed by atoms with Crippen LogP contribution >= 0.6 is 0 Å². The normalized spacial score (nSPS) is 10.3. The number of rotatable bonds is 10. The molecule has 4 N–H and O–H groups in total. The Labute approximate surface area is 234 Å². The third-order valence-corrected chi connectivity index (χ3v) is 5.33. The topological polar surface area (TPSA) is 191 Å². The third-order valence-electron chi connectivity index (χ3n) is 5.33. The molecule has 14 nitrogen and oxygen atoms in total. The number of benzene rings is 2. The fourth-order valence-corrected chi connectivity index (χ4v) is 3.55. The largest absolute Gasteiger partial charge is 0.533 e. The maximum atomic E-state index is 13.0. The standard InChI is InChI=1S/C27H30N4O10/c1-4-35-26(33)40-30-22(28)14-37-18-12-20(38-15-23(29)31-41-27(34)36-5-2)24-16(3)19(25(32)39-21(24)13-18)11-17-9-7-6-8-10-17/h6-10,12-13H,4-5,11,14-15H2,1-3H3,(H2,28,30)(H2,29,31). The molecule has 0 aliphatic heterocycles. The second kappa shape index (κ2) is 14.8. The maximum Gasteiger partial charge on any atom is 0.533 e. The van der Waals surface area contributed by atoms with Gasteiger partial charge in [-0.05, 0) is 31.9 Å². The van der Waals surface area contributed by atoms with Crippen LogP contribution in [-0.2, 0) is 25.6 Å². The first kappa shape index (κ1) is 30.3. The molecule has 2 aromatic carbocycles. The highest BCUT2D eigenvalue weighted by molar-refractivity contribution is 5.90. The van der Waals surface area contributed by atoms with E-state index < -0.39 is 17.9 Å². The van der Waals surface area contributed by atoms with E-state index in [2.05, 4.69) is 30.1 Å². The number of fused-ring (bicyclic) bond motifs is 1. The van der Waals surface area contributed by atoms with Gasteiger partial charge in [-0.1, -0.05) is 30.3 Å². The van der Waals surface area contributed by atoms with Crippen LogP contribution in [0.1, 0.15) is 30.5 Å². The van der Waals surface area contributed by atoms with Gasteiger partial charge in [0, 0.05) is 24.1 Å². The predicted octanol–water partition coefficient (Wildman–Crippen LogP) is 3.76. The Bertz CT molecular complexity index is 1460. The molecule has 0 spiro atoms. The molecule has 1 aromatic heterocycles. The van der Waals surface area contributed by atoms with Crippen LogP contribution in [0.15, 0.2) is 51.7 Å². The summed E-state index contributed by atoms with van der Waals surface area (Å²) in [6, 6.07) is 12.3. The predicted molar refractivity (Wildman–Crippen MR) is 145 cm³/mol. The minimum absolute atomic E-state index is 0.0981. The number of hydrogen-bond acceptors (Lipinski definition) is 12. The van der Waals surface area contributed by atoms with E-state index in [1.165, 1.54) is 12.1 Å². The molecule has 218 valence electrons. The summed E-state index contributed by atoms with van der Waals surface area (Å²) >= 11 is 0. The van der Waals surface area contributed by atoms with Crippen LogP contribution < -0.4 is 26.1 Å². The molecule has 14 heteroatoms. The molecule has 0 aliphatic carbocycles. The van der Waals surface area contributed by atoms with E-state index in [4.69, 9.17) is 24.7 Å². The summed E-state index contributed by atoms with van der Waals surface area (Å²) < 4.78 is 26.3. The molecule has 0 fully saturated rings. The number of hydroxylamine groups is 2. The molecule has 0 saturated carbocycles. The summed E-state index contributed by atoms with van der Waals surface area (Å²) in [5.41, 5.74) is 5.75. The van der Waals surface area contributed by atoms with Crippen LogP contribution in [0.2, 0.25) is 0 Å². The second-order valence-corrected chi connectivity index (χ2v) is 8.26. The smallest absolute Gasteiger partial charge is 0.485 e. The summed E-state index contributed by atoms with van der Waals surface area (Å²) in [5.74, 6) is -0.272. The highest BCUT2D eigenvalue weighted by Crippen LogP contribution is 2.34. The zero-order valence-electron chi connectivity index (χ0n) is 22.7. The van der Waals surface area contributed by atoms with E-state index in [1.54, 1.807) is 20.8 Å². The number of carbonyl (C=O) groups is 2. The number of hydrogen-bond donors (Lipinski definition) is 4. The van der Waals surface area contributed by atoms with Crippen molar-refractivity contribution in [2.75, 3.05) is 26.4 Å². The highest BCUT2D eigenvalue weighted by Gasteiger charge is 2.19. The van der Waals surface area contributed by atoms with E-state index in [0.717, 1.165) is 5.56 Å². The molecule has 0 radical (unpaired) electrons. The van der Waals surface area contributed by atoms with E-state index in [-0.39, 0.29) is 55.2 Å². The Morgan fingerprint density at radius 3 is 2.05 bits per heavy atom. The lowest BCUT2D eigenvalue weighted by Gasteiger charge is -2.16. The summed E-state index contributed by atoms with van der Waals surface area (Å²) in [6.45, 7) is 4.44. The molecule has 3 rings (SSSR count). The van der Waals surface area contributed by atoms with E-state index in [0.29, 0.717) is 22.9 Å². The van der Waals surface area contributed by atoms with Gasteiger partial charge >= 0.3 is 17.9 Å². The first-order valence-electron chi connectivity index (χ1n) is 12.5. The van der Waals surface area contributed by atoms with E-state index in [1.807, 2.05) is 30.3 Å². The van der Waals surface area contributed by atoms with Crippen LogP contribution in [0.3, 0.4) is 0 Å². The van der Waals surface area contributed by atoms with Crippen molar-refractivity contribution in [2.45, 2.75) is 27.2 Å². The number of amidine groups is 2. The van der Waals surface area contributed by atoms with Gasteiger partial charge in [0.05, 0.1) is 18.6 Å². The maximum absolute atomic E-state index is 13.0. The van der Waals surface area contributed by atoms with Gasteiger partial charge in [-0.15, -0.1) is 0 Å². The number of nitrogens with one attached hydrogen (secondary N) is 4. The zero-order valence-corrected chi connectivity index (χ0v) is 22.7. The second-order valence-electron chi connectivity index (χ2n) is 8.26. The van der Waals surface area contributed by atoms with Gasteiger partial charge in [-0.2, -0.15) is 11.0 Å². The third kappa shape index (κ3) is 8.88. The van der Waals surface area contributed by atoms with Gasteiger partial charge in [0.25, 0.3) is 0 Å². The fraction of sp³-hybridized carbons (Fsp3) is 0.296. The lowest BCUT2D eigenvalue weighted by Crippen LogP contribution is -2.31. The van der Waals surface area contributed by atoms with E-state index >= 15 is 0 Å². The average molecular weight is 571 g/mol. The number of carbonyl (C=O) groups excluding carboxylic acids is 2. The SMILES string of the molecule is CCOC(=O)ONC(=N)COc1cc(OCC(=N)NOC(=O)OCC)c2c(C)c(Cc3ccccc3)c(=O)oc2c1. The number of aryl methyl sites for hydroxylation is 1. The van der Waals surface area contributed by atoms with Gasteiger partial charge < -0.3 is 33.0 Å². The van der Waals surface area contributed by atoms with Crippen molar-refractivity contribution in [3.05, 3.63) is 69.6 Å². The lowest BCUT2D eigenvalue weighted by atomic mass is 9.99. The zero-order chi connectivity index (χ0) is 29.8. The Kier molecular flexibility index (Phi) is 10.9. The molecule has 0 bridgehead atoms. The van der Waals surface area contributed by atoms with Crippen molar-refractivity contribution >= 4 is 35.0 Å². The molecular formula is C27H30N4O10. The van der Waals surface area contributed by atoms with Crippen molar-refractivity contribution < 1.29 is 42.6 Å². The first-order chi connectivity index (χ1) is 19.7. The van der Waals surface area contributed by atoms with Crippen molar-refractivity contribution in [2.24, 2.45) is 0 Å². The summed E-state index contributed by atoms with van der Waals surface area (Å²) in [5, 5.41) is 16.3. The van der Waals surface area contributed by atoms with E-state index in [9.17, 15) is 14.4 Å². The molecule has 41 heavy (non-hydrogen) atoms. The lowest BCUT2D eigenvalue weighted by molar-refractivity contribution is 0.0371. The monoisotopic (exact) mass is 570 g/mol. The van der Waals surface area contributed by atoms with Crippen molar-refractivity contribution in [1.82, 2.24) is 11.0 Å². The van der Waals surface area contributed by atoms with Gasteiger partial charge in [-0.25, -0.2) is 14.4 Å². The quantitative estimate of drug-likeness (QED) is 0.0908. The van der Waals surface area contributed by atoms with Gasteiger partial charge in [0.1, 0.15) is 30.3 Å². The van der Waals surface area contributed by atoms with Crippen LogP contribution in [-0.4, -0.2) is 50.4 Å². The van der Waals surface area contributed by atoms with Crippen LogP contribution in [0.5, 0.6) is 11.5 Å². The first-order valence-corrected chi connectivity index (χ1v) is 12.5. The Morgan fingerprint density at radius 1 is 0.878 bits per heavy atom. The fourth-order valence-electron chi connectivity index (χ4n) is 3.55. The van der Waals surface area contributed by atoms with Crippen LogP contribution in [0, 0.1) is 17.7 Å². The highest BCUT2D eigenvalue weighted by atomic mass is 16.8. The minimum Gasteiger partial charge on any atom is -0.485 e.